The van der Waals surface area contributed by atoms with Gasteiger partial charge in [-0.05, 0) is 18.2 Å². The van der Waals surface area contributed by atoms with Crippen LogP contribution in [0.15, 0.2) is 28.6 Å². The Balaban J connectivity index is 1.90. The van der Waals surface area contributed by atoms with Gasteiger partial charge in [0.25, 0.3) is 0 Å². The van der Waals surface area contributed by atoms with Crippen LogP contribution in [0.2, 0.25) is 5.02 Å². The third-order valence-electron chi connectivity index (χ3n) is 2.05. The van der Waals surface area contributed by atoms with Crippen molar-refractivity contribution in [1.29, 1.82) is 0 Å². The molecule has 1 aromatic carbocycles. The molecule has 2 aromatic rings. The van der Waals surface area contributed by atoms with Crippen LogP contribution >= 0.6 is 34.7 Å². The smallest absolute Gasteiger partial charge is 0.234 e. The minimum atomic E-state index is -0.447. The van der Waals surface area contributed by atoms with Gasteiger partial charge in [-0.3, -0.25) is 4.79 Å². The van der Waals surface area contributed by atoms with Gasteiger partial charge >= 0.3 is 0 Å². The first-order valence-electron chi connectivity index (χ1n) is 5.13. The number of nitrogens with one attached hydrogen (secondary N) is 1. The molecule has 0 bridgehead atoms. The van der Waals surface area contributed by atoms with E-state index in [-0.39, 0.29) is 16.7 Å². The maximum atomic E-state index is 12.8. The van der Waals surface area contributed by atoms with E-state index in [2.05, 4.69) is 10.3 Å². The monoisotopic (exact) mass is 317 g/mol. The topological polar surface area (TPSA) is 68.0 Å². The maximum Gasteiger partial charge on any atom is 0.234 e. The van der Waals surface area contributed by atoms with Gasteiger partial charge < -0.3 is 11.1 Å². The molecule has 0 aliphatic heterocycles. The molecule has 0 radical (unpaired) electrons. The second-order valence-electron chi connectivity index (χ2n) is 3.48. The Labute approximate surface area is 122 Å². The average molecular weight is 318 g/mol. The molecule has 0 aliphatic rings. The van der Waals surface area contributed by atoms with Crippen LogP contribution < -0.4 is 11.1 Å². The van der Waals surface area contributed by atoms with Crippen LogP contribution in [0.5, 0.6) is 0 Å². The molecular weight excluding hydrogens is 309 g/mol. The molecule has 4 nitrogen and oxygen atoms in total. The molecule has 1 heterocycles. The third kappa shape index (κ3) is 4.09. The summed E-state index contributed by atoms with van der Waals surface area (Å²) in [7, 11) is 0. The van der Waals surface area contributed by atoms with Gasteiger partial charge in [-0.1, -0.05) is 22.9 Å². The van der Waals surface area contributed by atoms with Crippen LogP contribution in [0.4, 0.5) is 15.2 Å². The number of benzene rings is 1. The van der Waals surface area contributed by atoms with Crippen molar-refractivity contribution < 1.29 is 9.18 Å². The van der Waals surface area contributed by atoms with E-state index in [1.165, 1.54) is 35.2 Å². The number of hydrogen-bond acceptors (Lipinski definition) is 5. The summed E-state index contributed by atoms with van der Waals surface area (Å²) in [5.74, 6) is -0.474. The number of rotatable bonds is 4. The fourth-order valence-electron chi connectivity index (χ4n) is 1.25. The summed E-state index contributed by atoms with van der Waals surface area (Å²) in [6.07, 6.45) is 1.61. The fourth-order valence-corrected chi connectivity index (χ4v) is 3.03. The summed E-state index contributed by atoms with van der Waals surface area (Å²) in [4.78, 5) is 15.6. The summed E-state index contributed by atoms with van der Waals surface area (Å²) in [5, 5.41) is 3.24. The minimum Gasteiger partial charge on any atom is -0.375 e. The quantitative estimate of drug-likeness (QED) is 0.849. The summed E-state index contributed by atoms with van der Waals surface area (Å²) >= 11 is 8.45. The molecule has 0 spiro atoms. The lowest BCUT2D eigenvalue weighted by Crippen LogP contribution is -2.14. The lowest BCUT2D eigenvalue weighted by molar-refractivity contribution is -0.113. The Morgan fingerprint density at radius 3 is 3.00 bits per heavy atom. The first-order chi connectivity index (χ1) is 9.04. The molecule has 0 saturated heterocycles. The Bertz CT molecular complexity index is 605. The first kappa shape index (κ1) is 14.1. The van der Waals surface area contributed by atoms with E-state index in [1.54, 1.807) is 6.20 Å². The van der Waals surface area contributed by atoms with E-state index in [4.69, 9.17) is 17.3 Å². The number of thioether (sulfide) groups is 1. The fraction of sp³-hybridized carbons (Fsp3) is 0.0909. The zero-order valence-electron chi connectivity index (χ0n) is 9.52. The zero-order valence-corrected chi connectivity index (χ0v) is 11.9. The Morgan fingerprint density at radius 2 is 2.37 bits per heavy atom. The van der Waals surface area contributed by atoms with Crippen LogP contribution in [0.3, 0.4) is 0 Å². The molecule has 0 saturated carbocycles. The molecule has 100 valence electrons. The van der Waals surface area contributed by atoms with Crippen LogP contribution in [0.25, 0.3) is 0 Å². The second kappa shape index (κ2) is 6.23. The second-order valence-corrected chi connectivity index (χ2v) is 6.22. The highest BCUT2D eigenvalue weighted by Gasteiger charge is 2.08. The van der Waals surface area contributed by atoms with Crippen molar-refractivity contribution in [3.8, 4) is 0 Å². The van der Waals surface area contributed by atoms with Crippen molar-refractivity contribution in [2.45, 2.75) is 4.21 Å². The van der Waals surface area contributed by atoms with Gasteiger partial charge in [-0.2, -0.15) is 0 Å². The van der Waals surface area contributed by atoms with Crippen LogP contribution in [-0.4, -0.2) is 16.6 Å². The van der Waals surface area contributed by atoms with E-state index >= 15 is 0 Å². The standard InChI is InChI=1S/C11H9ClFN3OS2/c12-7-3-6(13)1-2-8(7)16-9(17)5-18-10-4-15-11(14)19-10/h1-4H,5H2,(H2,14,15)(H,16,17). The number of aromatic nitrogens is 1. The lowest BCUT2D eigenvalue weighted by Gasteiger charge is -2.06. The molecule has 19 heavy (non-hydrogen) atoms. The summed E-state index contributed by atoms with van der Waals surface area (Å²) in [6, 6.07) is 3.80. The Morgan fingerprint density at radius 1 is 1.58 bits per heavy atom. The van der Waals surface area contributed by atoms with Gasteiger partial charge in [0.05, 0.1) is 26.9 Å². The molecular formula is C11H9ClFN3OS2. The molecule has 3 N–H and O–H groups in total. The highest BCUT2D eigenvalue weighted by molar-refractivity contribution is 8.01. The van der Waals surface area contributed by atoms with Crippen molar-refractivity contribution >= 4 is 51.4 Å². The van der Waals surface area contributed by atoms with Gasteiger partial charge in [-0.15, -0.1) is 11.8 Å². The largest absolute Gasteiger partial charge is 0.375 e. The first-order valence-corrected chi connectivity index (χ1v) is 7.31. The maximum absolute atomic E-state index is 12.8. The highest BCUT2D eigenvalue weighted by atomic mass is 35.5. The predicted molar refractivity (Wildman–Crippen MR) is 77.3 cm³/mol. The molecule has 1 amide bonds. The van der Waals surface area contributed by atoms with E-state index in [9.17, 15) is 9.18 Å². The van der Waals surface area contributed by atoms with Crippen molar-refractivity contribution in [3.05, 3.63) is 35.2 Å². The molecule has 1 aromatic heterocycles. The van der Waals surface area contributed by atoms with Crippen molar-refractivity contribution in [2.24, 2.45) is 0 Å². The number of nitrogens with two attached hydrogens (primary N) is 1. The zero-order chi connectivity index (χ0) is 13.8. The number of hydrogen-bond donors (Lipinski definition) is 2. The normalized spacial score (nSPS) is 10.4. The number of halogens is 2. The van der Waals surface area contributed by atoms with Crippen molar-refractivity contribution in [1.82, 2.24) is 4.98 Å². The number of carbonyl (C=O) groups excluding carboxylic acids is 1. The van der Waals surface area contributed by atoms with Crippen LogP contribution in [0.1, 0.15) is 0 Å². The SMILES string of the molecule is Nc1ncc(SCC(=O)Nc2ccc(F)cc2Cl)s1. The molecule has 8 heteroatoms. The van der Waals surface area contributed by atoms with Crippen molar-refractivity contribution in [2.75, 3.05) is 16.8 Å². The molecule has 2 rings (SSSR count). The van der Waals surface area contributed by atoms with Gasteiger partial charge in [-0.25, -0.2) is 9.37 Å². The van der Waals surface area contributed by atoms with Gasteiger partial charge in [0.1, 0.15) is 5.82 Å². The number of thiazole rings is 1. The number of carbonyl (C=O) groups is 1. The Kier molecular flexibility index (Phi) is 4.62. The summed E-state index contributed by atoms with van der Waals surface area (Å²) in [5.41, 5.74) is 5.87. The van der Waals surface area contributed by atoms with E-state index in [1.807, 2.05) is 0 Å². The van der Waals surface area contributed by atoms with E-state index in [0.29, 0.717) is 10.8 Å². The predicted octanol–water partition coefficient (Wildman–Crippen LogP) is 3.25. The minimum absolute atomic E-state index is 0.167. The van der Waals surface area contributed by atoms with Gasteiger partial charge in [0.15, 0.2) is 5.13 Å². The van der Waals surface area contributed by atoms with Crippen LogP contribution in [0, 0.1) is 5.82 Å². The third-order valence-corrected chi connectivity index (χ3v) is 4.39. The molecule has 0 atom stereocenters. The lowest BCUT2D eigenvalue weighted by atomic mass is 10.3. The number of anilines is 2. The summed E-state index contributed by atoms with van der Waals surface area (Å²) < 4.78 is 13.7. The number of nitrogen functional groups attached to an aromatic ring is 1. The molecule has 0 unspecified atom stereocenters. The summed E-state index contributed by atoms with van der Waals surface area (Å²) in [6.45, 7) is 0. The average Bonchev–Trinajstić information content (AvgIpc) is 2.76. The van der Waals surface area contributed by atoms with Crippen molar-refractivity contribution in [3.63, 3.8) is 0 Å². The number of nitrogens with zero attached hydrogens (tertiary/aromatic N) is 1. The number of amides is 1. The Hall–Kier alpha value is -1.31. The highest BCUT2D eigenvalue weighted by Crippen LogP contribution is 2.27. The van der Waals surface area contributed by atoms with Gasteiger partial charge in [0, 0.05) is 0 Å². The molecule has 0 aliphatic carbocycles. The van der Waals surface area contributed by atoms with Gasteiger partial charge in [0.2, 0.25) is 5.91 Å². The van der Waals surface area contributed by atoms with E-state index < -0.39 is 5.82 Å². The van der Waals surface area contributed by atoms with Crippen LogP contribution in [-0.2, 0) is 4.79 Å². The molecule has 0 fully saturated rings. The van der Waals surface area contributed by atoms with E-state index in [0.717, 1.165) is 10.3 Å².